The molecule has 1 nitrogen and oxygen atoms in total. The van der Waals surface area contributed by atoms with Crippen LogP contribution in [0.4, 0.5) is 0 Å². The maximum absolute atomic E-state index is 12.2. The third kappa shape index (κ3) is 3.46. The van der Waals surface area contributed by atoms with E-state index in [2.05, 4.69) is 20.8 Å². The fourth-order valence-corrected chi connectivity index (χ4v) is 3.70. The van der Waals surface area contributed by atoms with E-state index in [0.717, 1.165) is 35.7 Å². The third-order valence-corrected chi connectivity index (χ3v) is 4.89. The monoisotopic (exact) mass is 258 g/mol. The molecule has 2 rings (SSSR count). The van der Waals surface area contributed by atoms with Crippen LogP contribution in [-0.4, -0.2) is 5.78 Å². The Bertz CT molecular complexity index is 407. The summed E-state index contributed by atoms with van der Waals surface area (Å²) in [5.74, 6) is 3.41. The molecular formula is C18H26O. The SMILES string of the molecule is CC(C)C1CCC(C)C1CCC(=O)c1ccccc1. The van der Waals surface area contributed by atoms with Crippen LogP contribution in [0.1, 0.15) is 56.8 Å². The van der Waals surface area contributed by atoms with Gasteiger partial charge in [-0.15, -0.1) is 0 Å². The zero-order valence-electron chi connectivity index (χ0n) is 12.4. The zero-order valence-corrected chi connectivity index (χ0v) is 12.4. The lowest BCUT2D eigenvalue weighted by Gasteiger charge is -2.25. The van der Waals surface area contributed by atoms with E-state index in [-0.39, 0.29) is 0 Å². The van der Waals surface area contributed by atoms with Gasteiger partial charge in [-0.3, -0.25) is 4.79 Å². The molecule has 0 bridgehead atoms. The number of Topliss-reactive ketones (excluding diaryl/α,β-unsaturated/α-hetero) is 1. The molecule has 0 radical (unpaired) electrons. The van der Waals surface area contributed by atoms with Gasteiger partial charge in [-0.2, -0.15) is 0 Å². The van der Waals surface area contributed by atoms with Crippen LogP contribution in [0.3, 0.4) is 0 Å². The van der Waals surface area contributed by atoms with Crippen molar-refractivity contribution in [2.24, 2.45) is 23.7 Å². The van der Waals surface area contributed by atoms with Crippen LogP contribution >= 0.6 is 0 Å². The Morgan fingerprint density at radius 1 is 1.21 bits per heavy atom. The van der Waals surface area contributed by atoms with Gasteiger partial charge < -0.3 is 0 Å². The van der Waals surface area contributed by atoms with E-state index in [1.165, 1.54) is 12.8 Å². The van der Waals surface area contributed by atoms with E-state index in [0.29, 0.717) is 12.2 Å². The molecule has 1 aliphatic rings. The Balaban J connectivity index is 1.92. The summed E-state index contributed by atoms with van der Waals surface area (Å²) in [4.78, 5) is 12.2. The molecule has 0 N–H and O–H groups in total. The number of benzene rings is 1. The molecule has 1 aliphatic carbocycles. The highest BCUT2D eigenvalue weighted by atomic mass is 16.1. The molecule has 0 aromatic heterocycles. The van der Waals surface area contributed by atoms with Crippen molar-refractivity contribution < 1.29 is 4.79 Å². The number of carbonyl (C=O) groups is 1. The van der Waals surface area contributed by atoms with Crippen LogP contribution < -0.4 is 0 Å². The van der Waals surface area contributed by atoms with Gasteiger partial charge in [-0.05, 0) is 36.5 Å². The maximum Gasteiger partial charge on any atom is 0.162 e. The van der Waals surface area contributed by atoms with Gasteiger partial charge in [0.1, 0.15) is 0 Å². The third-order valence-electron chi connectivity index (χ3n) is 4.89. The minimum atomic E-state index is 0.308. The quantitative estimate of drug-likeness (QED) is 0.682. The summed E-state index contributed by atoms with van der Waals surface area (Å²) < 4.78 is 0. The number of ketones is 1. The normalized spacial score (nSPS) is 26.8. The van der Waals surface area contributed by atoms with Crippen molar-refractivity contribution in [3.05, 3.63) is 35.9 Å². The molecular weight excluding hydrogens is 232 g/mol. The van der Waals surface area contributed by atoms with Gasteiger partial charge in [-0.25, -0.2) is 0 Å². The summed E-state index contributed by atoms with van der Waals surface area (Å²) in [6.45, 7) is 7.02. The van der Waals surface area contributed by atoms with Crippen LogP contribution in [0.2, 0.25) is 0 Å². The molecule has 1 aromatic carbocycles. The molecule has 104 valence electrons. The van der Waals surface area contributed by atoms with Crippen molar-refractivity contribution in [2.45, 2.75) is 46.5 Å². The second-order valence-corrected chi connectivity index (χ2v) is 6.45. The zero-order chi connectivity index (χ0) is 13.8. The smallest absolute Gasteiger partial charge is 0.162 e. The fourth-order valence-electron chi connectivity index (χ4n) is 3.70. The average molecular weight is 258 g/mol. The molecule has 1 fully saturated rings. The molecule has 19 heavy (non-hydrogen) atoms. The van der Waals surface area contributed by atoms with E-state index in [9.17, 15) is 4.79 Å². The second kappa shape index (κ2) is 6.36. The summed E-state index contributed by atoms with van der Waals surface area (Å²) in [5.41, 5.74) is 0.870. The predicted octanol–water partition coefficient (Wildman–Crippen LogP) is 4.97. The summed E-state index contributed by atoms with van der Waals surface area (Å²) in [6, 6.07) is 9.72. The van der Waals surface area contributed by atoms with Crippen LogP contribution in [0.25, 0.3) is 0 Å². The average Bonchev–Trinajstić information content (AvgIpc) is 2.78. The first-order chi connectivity index (χ1) is 9.09. The van der Waals surface area contributed by atoms with Crippen LogP contribution in [0, 0.1) is 23.7 Å². The first-order valence-electron chi connectivity index (χ1n) is 7.68. The first-order valence-corrected chi connectivity index (χ1v) is 7.68. The Hall–Kier alpha value is -1.11. The molecule has 1 saturated carbocycles. The molecule has 0 heterocycles. The molecule has 0 saturated heterocycles. The Kier molecular flexibility index (Phi) is 4.79. The van der Waals surface area contributed by atoms with Crippen molar-refractivity contribution >= 4 is 5.78 Å². The number of hydrogen-bond donors (Lipinski definition) is 0. The van der Waals surface area contributed by atoms with E-state index >= 15 is 0 Å². The standard InChI is InChI=1S/C18H26O/c1-13(2)16-10-9-14(3)17(16)11-12-18(19)15-7-5-4-6-8-15/h4-8,13-14,16-17H,9-12H2,1-3H3. The van der Waals surface area contributed by atoms with Gasteiger partial charge in [0.15, 0.2) is 5.78 Å². The maximum atomic E-state index is 12.2. The number of rotatable bonds is 5. The Morgan fingerprint density at radius 3 is 2.53 bits per heavy atom. The predicted molar refractivity (Wildman–Crippen MR) is 80.2 cm³/mol. The van der Waals surface area contributed by atoms with Crippen molar-refractivity contribution in [2.75, 3.05) is 0 Å². The van der Waals surface area contributed by atoms with Gasteiger partial charge in [0.05, 0.1) is 0 Å². The number of hydrogen-bond acceptors (Lipinski definition) is 1. The molecule has 0 spiro atoms. The molecule has 3 atom stereocenters. The van der Waals surface area contributed by atoms with E-state index < -0.39 is 0 Å². The highest BCUT2D eigenvalue weighted by molar-refractivity contribution is 5.95. The second-order valence-electron chi connectivity index (χ2n) is 6.45. The molecule has 3 unspecified atom stereocenters. The van der Waals surface area contributed by atoms with Gasteiger partial charge in [0.25, 0.3) is 0 Å². The van der Waals surface area contributed by atoms with E-state index in [1.54, 1.807) is 0 Å². The van der Waals surface area contributed by atoms with Gasteiger partial charge in [0.2, 0.25) is 0 Å². The first kappa shape index (κ1) is 14.3. The van der Waals surface area contributed by atoms with Gasteiger partial charge >= 0.3 is 0 Å². The lowest BCUT2D eigenvalue weighted by Crippen LogP contribution is -2.19. The molecule has 1 heteroatoms. The lowest BCUT2D eigenvalue weighted by molar-refractivity contribution is 0.0962. The van der Waals surface area contributed by atoms with Crippen molar-refractivity contribution in [3.63, 3.8) is 0 Å². The summed E-state index contributed by atoms with van der Waals surface area (Å²) in [5, 5.41) is 0. The Labute approximate surface area is 117 Å². The summed E-state index contributed by atoms with van der Waals surface area (Å²) >= 11 is 0. The van der Waals surface area contributed by atoms with E-state index in [4.69, 9.17) is 0 Å². The number of carbonyl (C=O) groups excluding carboxylic acids is 1. The molecule has 0 amide bonds. The van der Waals surface area contributed by atoms with Crippen molar-refractivity contribution in [3.8, 4) is 0 Å². The summed E-state index contributed by atoms with van der Waals surface area (Å²) in [7, 11) is 0. The minimum absolute atomic E-state index is 0.308. The topological polar surface area (TPSA) is 17.1 Å². The van der Waals surface area contributed by atoms with Gasteiger partial charge in [0, 0.05) is 12.0 Å². The Morgan fingerprint density at radius 2 is 1.89 bits per heavy atom. The van der Waals surface area contributed by atoms with Gasteiger partial charge in [-0.1, -0.05) is 57.5 Å². The highest BCUT2D eigenvalue weighted by Crippen LogP contribution is 2.43. The highest BCUT2D eigenvalue weighted by Gasteiger charge is 2.34. The summed E-state index contributed by atoms with van der Waals surface area (Å²) in [6.07, 6.45) is 4.47. The van der Waals surface area contributed by atoms with Crippen LogP contribution in [-0.2, 0) is 0 Å². The largest absolute Gasteiger partial charge is 0.294 e. The van der Waals surface area contributed by atoms with Crippen LogP contribution in [0.5, 0.6) is 0 Å². The van der Waals surface area contributed by atoms with Crippen molar-refractivity contribution in [1.82, 2.24) is 0 Å². The van der Waals surface area contributed by atoms with Crippen LogP contribution in [0.15, 0.2) is 30.3 Å². The molecule has 1 aromatic rings. The molecule has 0 aliphatic heterocycles. The minimum Gasteiger partial charge on any atom is -0.294 e. The fraction of sp³-hybridized carbons (Fsp3) is 0.611. The van der Waals surface area contributed by atoms with E-state index in [1.807, 2.05) is 30.3 Å². The lowest BCUT2D eigenvalue weighted by atomic mass is 9.80. The van der Waals surface area contributed by atoms with Crippen molar-refractivity contribution in [1.29, 1.82) is 0 Å².